The van der Waals surface area contributed by atoms with Crippen LogP contribution in [0.1, 0.15) is 25.3 Å². The summed E-state index contributed by atoms with van der Waals surface area (Å²) in [5, 5.41) is 6.98. The van der Waals surface area contributed by atoms with Crippen LogP contribution in [0, 0.1) is 0 Å². The lowest BCUT2D eigenvalue weighted by molar-refractivity contribution is 0.309. The lowest BCUT2D eigenvalue weighted by Gasteiger charge is -2.05. The number of anilines is 1. The minimum Gasteiger partial charge on any atom is -0.496 e. The molecule has 0 aliphatic heterocycles. The van der Waals surface area contributed by atoms with Crippen molar-refractivity contribution in [3.05, 3.63) is 59.5 Å². The normalized spacial score (nSPS) is 10.9. The number of aromatic nitrogens is 1. The van der Waals surface area contributed by atoms with Crippen molar-refractivity contribution in [3.63, 3.8) is 0 Å². The summed E-state index contributed by atoms with van der Waals surface area (Å²) >= 11 is 1.50. The van der Waals surface area contributed by atoms with Crippen molar-refractivity contribution in [1.29, 1.82) is 0 Å². The molecular formula is C21H23N3O2S. The fourth-order valence-corrected chi connectivity index (χ4v) is 3.11. The first-order valence-corrected chi connectivity index (χ1v) is 9.79. The SMILES string of the molecule is CCCCOc1ccc(/C=N\Nc2nc(-c3ccccc3OC)cs2)cc1. The fourth-order valence-electron chi connectivity index (χ4n) is 2.45. The van der Waals surface area contributed by atoms with Gasteiger partial charge in [-0.2, -0.15) is 5.10 Å². The molecule has 140 valence electrons. The van der Waals surface area contributed by atoms with Gasteiger partial charge in [0.15, 0.2) is 0 Å². The van der Waals surface area contributed by atoms with Crippen LogP contribution in [0.15, 0.2) is 59.0 Å². The van der Waals surface area contributed by atoms with Crippen molar-refractivity contribution in [3.8, 4) is 22.8 Å². The van der Waals surface area contributed by atoms with Crippen LogP contribution in [0.3, 0.4) is 0 Å². The number of nitrogens with zero attached hydrogens (tertiary/aromatic N) is 2. The highest BCUT2D eigenvalue weighted by Gasteiger charge is 2.08. The number of thiazole rings is 1. The van der Waals surface area contributed by atoms with Gasteiger partial charge < -0.3 is 9.47 Å². The van der Waals surface area contributed by atoms with E-state index in [1.54, 1.807) is 13.3 Å². The number of methoxy groups -OCH3 is 1. The number of hydrogen-bond donors (Lipinski definition) is 1. The fraction of sp³-hybridized carbons (Fsp3) is 0.238. The Labute approximate surface area is 163 Å². The van der Waals surface area contributed by atoms with E-state index in [2.05, 4.69) is 22.4 Å². The molecule has 2 aromatic carbocycles. The highest BCUT2D eigenvalue weighted by atomic mass is 32.1. The molecule has 0 amide bonds. The first-order valence-electron chi connectivity index (χ1n) is 8.91. The first kappa shape index (κ1) is 18.9. The van der Waals surface area contributed by atoms with Crippen molar-refractivity contribution in [2.45, 2.75) is 19.8 Å². The lowest BCUT2D eigenvalue weighted by atomic mass is 10.1. The molecule has 1 heterocycles. The molecule has 1 N–H and O–H groups in total. The Morgan fingerprint density at radius 1 is 1.15 bits per heavy atom. The summed E-state index contributed by atoms with van der Waals surface area (Å²) in [4.78, 5) is 4.57. The summed E-state index contributed by atoms with van der Waals surface area (Å²) in [5.41, 5.74) is 5.80. The van der Waals surface area contributed by atoms with Gasteiger partial charge >= 0.3 is 0 Å². The van der Waals surface area contributed by atoms with Crippen molar-refractivity contribution in [2.75, 3.05) is 19.1 Å². The van der Waals surface area contributed by atoms with E-state index in [-0.39, 0.29) is 0 Å². The highest BCUT2D eigenvalue weighted by Crippen LogP contribution is 2.31. The molecule has 1 aromatic heterocycles. The highest BCUT2D eigenvalue weighted by molar-refractivity contribution is 7.14. The Balaban J connectivity index is 1.58. The molecule has 0 unspecified atom stereocenters. The average Bonchev–Trinajstić information content (AvgIpc) is 3.18. The molecule has 0 saturated carbocycles. The molecule has 0 radical (unpaired) electrons. The zero-order valence-electron chi connectivity index (χ0n) is 15.5. The minimum absolute atomic E-state index is 0.728. The molecule has 0 aliphatic rings. The molecular weight excluding hydrogens is 358 g/mol. The molecule has 6 heteroatoms. The van der Waals surface area contributed by atoms with Gasteiger partial charge in [-0.1, -0.05) is 25.5 Å². The van der Waals surface area contributed by atoms with Crippen LogP contribution in [-0.4, -0.2) is 24.9 Å². The van der Waals surface area contributed by atoms with Crippen molar-refractivity contribution >= 4 is 22.7 Å². The largest absolute Gasteiger partial charge is 0.496 e. The maximum atomic E-state index is 5.66. The Morgan fingerprint density at radius 3 is 2.74 bits per heavy atom. The van der Waals surface area contributed by atoms with E-state index >= 15 is 0 Å². The van der Waals surface area contributed by atoms with Gasteiger partial charge in [-0.25, -0.2) is 4.98 Å². The third kappa shape index (κ3) is 5.31. The molecule has 0 atom stereocenters. The summed E-state index contributed by atoms with van der Waals surface area (Å²) in [5.74, 6) is 1.69. The second kappa shape index (κ2) is 9.73. The third-order valence-electron chi connectivity index (χ3n) is 3.91. The molecule has 0 bridgehead atoms. The number of ether oxygens (including phenoxy) is 2. The summed E-state index contributed by atoms with van der Waals surface area (Å²) in [6.07, 6.45) is 3.96. The van der Waals surface area contributed by atoms with Crippen LogP contribution in [-0.2, 0) is 0 Å². The number of para-hydroxylation sites is 1. The van der Waals surface area contributed by atoms with Crippen LogP contribution < -0.4 is 14.9 Å². The molecule has 0 spiro atoms. The Kier molecular flexibility index (Phi) is 6.82. The number of nitrogens with one attached hydrogen (secondary N) is 1. The Morgan fingerprint density at radius 2 is 1.96 bits per heavy atom. The third-order valence-corrected chi connectivity index (χ3v) is 4.65. The van der Waals surface area contributed by atoms with Crippen molar-refractivity contribution < 1.29 is 9.47 Å². The van der Waals surface area contributed by atoms with Crippen LogP contribution in [0.2, 0.25) is 0 Å². The molecule has 0 aliphatic carbocycles. The average molecular weight is 382 g/mol. The number of hydrogen-bond acceptors (Lipinski definition) is 6. The first-order chi connectivity index (χ1) is 13.3. The maximum Gasteiger partial charge on any atom is 0.203 e. The number of hydrazone groups is 1. The topological polar surface area (TPSA) is 55.7 Å². The van der Waals surface area contributed by atoms with Gasteiger partial charge in [0.1, 0.15) is 11.5 Å². The number of rotatable bonds is 9. The Bertz CT molecular complexity index is 875. The van der Waals surface area contributed by atoms with Crippen LogP contribution >= 0.6 is 11.3 Å². The minimum atomic E-state index is 0.728. The summed E-state index contributed by atoms with van der Waals surface area (Å²) < 4.78 is 11.1. The van der Waals surface area contributed by atoms with Gasteiger partial charge in [0.2, 0.25) is 5.13 Å². The second-order valence-electron chi connectivity index (χ2n) is 5.88. The van der Waals surface area contributed by atoms with E-state index in [0.29, 0.717) is 0 Å². The molecule has 5 nitrogen and oxygen atoms in total. The van der Waals surface area contributed by atoms with E-state index in [1.165, 1.54) is 11.3 Å². The predicted octanol–water partition coefficient (Wildman–Crippen LogP) is 5.44. The molecule has 0 fully saturated rings. The van der Waals surface area contributed by atoms with Gasteiger partial charge in [-0.05, 0) is 48.4 Å². The predicted molar refractivity (Wildman–Crippen MR) is 112 cm³/mol. The zero-order chi connectivity index (χ0) is 18.9. The maximum absolute atomic E-state index is 5.66. The molecule has 0 saturated heterocycles. The summed E-state index contributed by atoms with van der Waals surface area (Å²) in [6.45, 7) is 2.90. The smallest absolute Gasteiger partial charge is 0.203 e. The standard InChI is InChI=1S/C21H23N3O2S/c1-3-4-13-26-17-11-9-16(10-12-17)14-22-24-21-23-19(15-27-21)18-7-5-6-8-20(18)25-2/h5-12,14-15H,3-4,13H2,1-2H3,(H,23,24)/b22-14-. The number of unbranched alkanes of at least 4 members (excludes halogenated alkanes) is 1. The van der Waals surface area contributed by atoms with E-state index in [4.69, 9.17) is 9.47 Å². The molecule has 3 aromatic rings. The van der Waals surface area contributed by atoms with Crippen molar-refractivity contribution in [2.24, 2.45) is 5.10 Å². The summed E-state index contributed by atoms with van der Waals surface area (Å²) in [7, 11) is 1.66. The Hall–Kier alpha value is -2.86. The number of benzene rings is 2. The van der Waals surface area contributed by atoms with E-state index < -0.39 is 0 Å². The van der Waals surface area contributed by atoms with E-state index in [9.17, 15) is 0 Å². The zero-order valence-corrected chi connectivity index (χ0v) is 16.3. The van der Waals surface area contributed by atoms with E-state index in [0.717, 1.165) is 52.9 Å². The van der Waals surface area contributed by atoms with E-state index in [1.807, 2.05) is 53.9 Å². The quantitative estimate of drug-likeness (QED) is 0.304. The van der Waals surface area contributed by atoms with Gasteiger partial charge in [0.05, 0.1) is 25.6 Å². The lowest BCUT2D eigenvalue weighted by Crippen LogP contribution is -1.96. The van der Waals surface area contributed by atoms with Crippen LogP contribution in [0.25, 0.3) is 11.3 Å². The second-order valence-corrected chi connectivity index (χ2v) is 6.74. The van der Waals surface area contributed by atoms with Gasteiger partial charge in [-0.15, -0.1) is 11.3 Å². The molecule has 27 heavy (non-hydrogen) atoms. The summed E-state index contributed by atoms with van der Waals surface area (Å²) in [6, 6.07) is 15.7. The molecule has 3 rings (SSSR count). The monoisotopic (exact) mass is 381 g/mol. The van der Waals surface area contributed by atoms with Gasteiger partial charge in [0, 0.05) is 10.9 Å². The van der Waals surface area contributed by atoms with Crippen LogP contribution in [0.5, 0.6) is 11.5 Å². The van der Waals surface area contributed by atoms with Crippen molar-refractivity contribution in [1.82, 2.24) is 4.98 Å². The van der Waals surface area contributed by atoms with Gasteiger partial charge in [0.25, 0.3) is 0 Å². The van der Waals surface area contributed by atoms with Gasteiger partial charge in [-0.3, -0.25) is 5.43 Å². The van der Waals surface area contributed by atoms with Crippen LogP contribution in [0.4, 0.5) is 5.13 Å².